The zero-order valence-corrected chi connectivity index (χ0v) is 17.1. The van der Waals surface area contributed by atoms with Crippen molar-refractivity contribution in [2.75, 3.05) is 26.7 Å². The van der Waals surface area contributed by atoms with Gasteiger partial charge in [0.05, 0.1) is 5.69 Å². The fraction of sp³-hybridized carbons (Fsp3) is 0.476. The SMILES string of the molecule is CN=C(NCCc1coc(-c2ccc(F)cc2)n1)NC1CCN(C(=O)C(C)C)C1. The average Bonchev–Trinajstić information content (AvgIpc) is 3.37. The smallest absolute Gasteiger partial charge is 0.226 e. The molecule has 1 aromatic carbocycles. The van der Waals surface area contributed by atoms with E-state index in [2.05, 4.69) is 20.6 Å². The topological polar surface area (TPSA) is 82.8 Å². The number of amides is 1. The molecule has 1 amide bonds. The second-order valence-corrected chi connectivity index (χ2v) is 7.47. The summed E-state index contributed by atoms with van der Waals surface area (Å²) in [6, 6.07) is 6.25. The number of hydrogen-bond acceptors (Lipinski definition) is 4. The van der Waals surface area contributed by atoms with Crippen molar-refractivity contribution >= 4 is 11.9 Å². The predicted octanol–water partition coefficient (Wildman–Crippen LogP) is 2.45. The summed E-state index contributed by atoms with van der Waals surface area (Å²) in [5, 5.41) is 6.65. The third kappa shape index (κ3) is 5.56. The van der Waals surface area contributed by atoms with Crippen molar-refractivity contribution in [3.63, 3.8) is 0 Å². The molecule has 2 aromatic rings. The summed E-state index contributed by atoms with van der Waals surface area (Å²) in [4.78, 5) is 22.7. The second kappa shape index (κ2) is 9.54. The minimum Gasteiger partial charge on any atom is -0.444 e. The van der Waals surface area contributed by atoms with Crippen LogP contribution in [0.15, 0.2) is 39.9 Å². The molecule has 1 saturated heterocycles. The van der Waals surface area contributed by atoms with Gasteiger partial charge < -0.3 is 20.0 Å². The van der Waals surface area contributed by atoms with Gasteiger partial charge in [-0.1, -0.05) is 13.8 Å². The van der Waals surface area contributed by atoms with Crippen LogP contribution < -0.4 is 10.6 Å². The van der Waals surface area contributed by atoms with E-state index in [4.69, 9.17) is 4.42 Å². The maximum absolute atomic E-state index is 13.0. The molecule has 0 bridgehead atoms. The molecule has 7 nitrogen and oxygen atoms in total. The fourth-order valence-electron chi connectivity index (χ4n) is 3.29. The van der Waals surface area contributed by atoms with Crippen LogP contribution in [0.2, 0.25) is 0 Å². The minimum absolute atomic E-state index is 0.0217. The minimum atomic E-state index is -0.289. The van der Waals surface area contributed by atoms with E-state index in [1.807, 2.05) is 18.7 Å². The van der Waals surface area contributed by atoms with Crippen LogP contribution in [-0.2, 0) is 11.2 Å². The molecular weight excluding hydrogens is 373 g/mol. The lowest BCUT2D eigenvalue weighted by Crippen LogP contribution is -2.45. The highest BCUT2D eigenvalue weighted by molar-refractivity contribution is 5.81. The maximum Gasteiger partial charge on any atom is 0.226 e. The van der Waals surface area contributed by atoms with Crippen molar-refractivity contribution in [1.82, 2.24) is 20.5 Å². The number of nitrogens with one attached hydrogen (secondary N) is 2. The molecule has 2 heterocycles. The van der Waals surface area contributed by atoms with E-state index in [1.54, 1.807) is 25.4 Å². The van der Waals surface area contributed by atoms with Gasteiger partial charge in [-0.3, -0.25) is 9.79 Å². The summed E-state index contributed by atoms with van der Waals surface area (Å²) >= 11 is 0. The van der Waals surface area contributed by atoms with Crippen LogP contribution in [0.25, 0.3) is 11.5 Å². The molecule has 8 heteroatoms. The Bertz CT molecular complexity index is 847. The lowest BCUT2D eigenvalue weighted by Gasteiger charge is -2.20. The Kier molecular flexibility index (Phi) is 6.85. The van der Waals surface area contributed by atoms with E-state index in [9.17, 15) is 9.18 Å². The van der Waals surface area contributed by atoms with Gasteiger partial charge in [0.25, 0.3) is 0 Å². The Morgan fingerprint density at radius 3 is 2.83 bits per heavy atom. The number of halogens is 1. The third-order valence-electron chi connectivity index (χ3n) is 4.87. The highest BCUT2D eigenvalue weighted by atomic mass is 19.1. The molecule has 1 fully saturated rings. The van der Waals surface area contributed by atoms with Gasteiger partial charge in [0.1, 0.15) is 12.1 Å². The summed E-state index contributed by atoms with van der Waals surface area (Å²) in [5.41, 5.74) is 1.55. The van der Waals surface area contributed by atoms with E-state index in [0.717, 1.165) is 24.2 Å². The van der Waals surface area contributed by atoms with E-state index < -0.39 is 0 Å². The third-order valence-corrected chi connectivity index (χ3v) is 4.87. The molecule has 1 aliphatic rings. The van der Waals surface area contributed by atoms with Crippen LogP contribution in [0.5, 0.6) is 0 Å². The van der Waals surface area contributed by atoms with E-state index >= 15 is 0 Å². The van der Waals surface area contributed by atoms with Crippen molar-refractivity contribution in [1.29, 1.82) is 0 Å². The number of benzene rings is 1. The van der Waals surface area contributed by atoms with Crippen molar-refractivity contribution in [3.8, 4) is 11.5 Å². The van der Waals surface area contributed by atoms with Gasteiger partial charge in [-0.15, -0.1) is 0 Å². The number of carbonyl (C=O) groups is 1. The van der Waals surface area contributed by atoms with Gasteiger partial charge in [0.2, 0.25) is 11.8 Å². The monoisotopic (exact) mass is 401 g/mol. The van der Waals surface area contributed by atoms with Gasteiger partial charge in [0, 0.05) is 50.6 Å². The first-order valence-corrected chi connectivity index (χ1v) is 9.92. The standard InChI is InChI=1S/C21H28FN5O2/c1-14(2)20(28)27-11-9-17(12-27)26-21(23-3)24-10-8-18-13-29-19(25-18)15-4-6-16(22)7-5-15/h4-7,13-14,17H,8-12H2,1-3H3,(H2,23,24,26). The normalized spacial score (nSPS) is 17.1. The number of oxazole rings is 1. The molecule has 3 rings (SSSR count). The molecule has 1 unspecified atom stereocenters. The van der Waals surface area contributed by atoms with Crippen LogP contribution in [0.1, 0.15) is 26.0 Å². The Morgan fingerprint density at radius 1 is 1.38 bits per heavy atom. The van der Waals surface area contributed by atoms with E-state index in [-0.39, 0.29) is 23.7 Å². The van der Waals surface area contributed by atoms with Gasteiger partial charge in [-0.05, 0) is 30.7 Å². The summed E-state index contributed by atoms with van der Waals surface area (Å²) < 4.78 is 18.5. The van der Waals surface area contributed by atoms with Crippen molar-refractivity contribution in [2.45, 2.75) is 32.7 Å². The van der Waals surface area contributed by atoms with Crippen LogP contribution in [-0.4, -0.2) is 54.5 Å². The molecule has 1 aromatic heterocycles. The van der Waals surface area contributed by atoms with Crippen molar-refractivity contribution in [2.24, 2.45) is 10.9 Å². The fourth-order valence-corrected chi connectivity index (χ4v) is 3.29. The Morgan fingerprint density at radius 2 is 2.14 bits per heavy atom. The van der Waals surface area contributed by atoms with Gasteiger partial charge in [-0.25, -0.2) is 9.37 Å². The molecule has 2 N–H and O–H groups in total. The van der Waals surface area contributed by atoms with Crippen LogP contribution in [0.3, 0.4) is 0 Å². The van der Waals surface area contributed by atoms with Crippen LogP contribution in [0, 0.1) is 11.7 Å². The van der Waals surface area contributed by atoms with Crippen molar-refractivity contribution in [3.05, 3.63) is 42.0 Å². The number of guanidine groups is 1. The number of rotatable bonds is 6. The number of nitrogens with zero attached hydrogens (tertiary/aromatic N) is 3. The van der Waals surface area contributed by atoms with E-state index in [0.29, 0.717) is 31.4 Å². The zero-order valence-electron chi connectivity index (χ0n) is 17.1. The Hall–Kier alpha value is -2.90. The number of likely N-dealkylation sites (tertiary alicyclic amines) is 1. The summed E-state index contributed by atoms with van der Waals surface area (Å²) in [6.07, 6.45) is 3.18. The summed E-state index contributed by atoms with van der Waals surface area (Å²) in [7, 11) is 1.73. The number of aliphatic imine (C=N–C) groups is 1. The molecule has 0 aliphatic carbocycles. The summed E-state index contributed by atoms with van der Waals surface area (Å²) in [6.45, 7) is 5.96. The second-order valence-electron chi connectivity index (χ2n) is 7.47. The average molecular weight is 401 g/mol. The zero-order chi connectivity index (χ0) is 20.8. The highest BCUT2D eigenvalue weighted by Crippen LogP contribution is 2.19. The highest BCUT2D eigenvalue weighted by Gasteiger charge is 2.27. The van der Waals surface area contributed by atoms with Crippen molar-refractivity contribution < 1.29 is 13.6 Å². The molecule has 0 radical (unpaired) electrons. The van der Waals surface area contributed by atoms with Crippen LogP contribution >= 0.6 is 0 Å². The molecule has 1 aliphatic heterocycles. The molecule has 0 saturated carbocycles. The first-order valence-electron chi connectivity index (χ1n) is 9.92. The Balaban J connectivity index is 1.45. The lowest BCUT2D eigenvalue weighted by atomic mass is 10.2. The van der Waals surface area contributed by atoms with Gasteiger partial charge >= 0.3 is 0 Å². The molecular formula is C21H28FN5O2. The Labute approximate surface area is 170 Å². The molecule has 156 valence electrons. The number of hydrogen-bond donors (Lipinski definition) is 2. The number of aromatic nitrogens is 1. The first kappa shape index (κ1) is 20.8. The number of carbonyl (C=O) groups excluding carboxylic acids is 1. The maximum atomic E-state index is 13.0. The first-order chi connectivity index (χ1) is 14.0. The molecule has 29 heavy (non-hydrogen) atoms. The molecule has 0 spiro atoms. The van der Waals surface area contributed by atoms with E-state index in [1.165, 1.54) is 12.1 Å². The van der Waals surface area contributed by atoms with Crippen LogP contribution in [0.4, 0.5) is 4.39 Å². The van der Waals surface area contributed by atoms with Gasteiger partial charge in [-0.2, -0.15) is 0 Å². The quantitative estimate of drug-likeness (QED) is 0.574. The predicted molar refractivity (Wildman–Crippen MR) is 110 cm³/mol. The lowest BCUT2D eigenvalue weighted by molar-refractivity contribution is -0.133. The molecule has 1 atom stereocenters. The largest absolute Gasteiger partial charge is 0.444 e. The summed E-state index contributed by atoms with van der Waals surface area (Å²) in [5.74, 6) is 1.11. The van der Waals surface area contributed by atoms with Gasteiger partial charge in [0.15, 0.2) is 5.96 Å².